The van der Waals surface area contributed by atoms with Crippen molar-refractivity contribution in [3.8, 4) is 0 Å². The van der Waals surface area contributed by atoms with Gasteiger partial charge in [-0.05, 0) is 37.2 Å². The number of aryl methyl sites for hydroxylation is 2. The molecule has 0 N–H and O–H groups in total. The van der Waals surface area contributed by atoms with Crippen LogP contribution in [0.25, 0.3) is 10.2 Å². The first-order valence-electron chi connectivity index (χ1n) is 11.2. The molecule has 0 aliphatic heterocycles. The summed E-state index contributed by atoms with van der Waals surface area (Å²) in [5.41, 5.74) is 1.31. The SMILES string of the molecule is CCCc1nc2sc3c(c2c(=O)n1C(CC(=O)OC)C(=O)c1ccccc1)CCC(C)C3. The Balaban J connectivity index is 1.94. The number of Topliss-reactive ketones (excluding diaryl/α,β-unsaturated/α-hetero) is 1. The first-order valence-corrected chi connectivity index (χ1v) is 12.0. The summed E-state index contributed by atoms with van der Waals surface area (Å²) >= 11 is 1.60. The predicted molar refractivity (Wildman–Crippen MR) is 126 cm³/mol. The molecular formula is C25H28N2O4S. The predicted octanol–water partition coefficient (Wildman–Crippen LogP) is 4.52. The third-order valence-electron chi connectivity index (χ3n) is 6.17. The summed E-state index contributed by atoms with van der Waals surface area (Å²) in [5, 5.41) is 0.618. The highest BCUT2D eigenvalue weighted by molar-refractivity contribution is 7.18. The smallest absolute Gasteiger partial charge is 0.308 e. The van der Waals surface area contributed by atoms with Gasteiger partial charge in [0.2, 0.25) is 0 Å². The molecule has 1 aromatic carbocycles. The maximum absolute atomic E-state index is 13.9. The molecule has 0 saturated heterocycles. The molecule has 0 bridgehead atoms. The van der Waals surface area contributed by atoms with E-state index in [0.29, 0.717) is 29.1 Å². The van der Waals surface area contributed by atoms with Crippen molar-refractivity contribution in [2.75, 3.05) is 7.11 Å². The van der Waals surface area contributed by atoms with Gasteiger partial charge < -0.3 is 4.74 Å². The van der Waals surface area contributed by atoms with Gasteiger partial charge in [0.1, 0.15) is 16.7 Å². The van der Waals surface area contributed by atoms with Crippen molar-refractivity contribution in [2.45, 2.75) is 58.4 Å². The van der Waals surface area contributed by atoms with E-state index >= 15 is 0 Å². The molecular weight excluding hydrogens is 424 g/mol. The van der Waals surface area contributed by atoms with Crippen molar-refractivity contribution in [1.29, 1.82) is 0 Å². The van der Waals surface area contributed by atoms with Crippen LogP contribution in [0.4, 0.5) is 0 Å². The maximum Gasteiger partial charge on any atom is 0.308 e. The Hall–Kier alpha value is -2.80. The number of carbonyl (C=O) groups is 2. The number of thiophene rings is 1. The standard InChI is InChI=1S/C25H28N2O4S/c1-4-8-20-26-24-22(17-12-11-15(2)13-19(17)32-24)25(30)27(20)18(14-21(28)31-3)23(29)16-9-6-5-7-10-16/h5-7,9-10,15,18H,4,8,11-14H2,1-3H3. The Labute approximate surface area is 191 Å². The van der Waals surface area contributed by atoms with E-state index in [2.05, 4.69) is 6.92 Å². The zero-order chi connectivity index (χ0) is 22.8. The van der Waals surface area contributed by atoms with Crippen molar-refractivity contribution in [3.05, 3.63) is 62.5 Å². The molecule has 0 fully saturated rings. The summed E-state index contributed by atoms with van der Waals surface area (Å²) in [6, 6.07) is 7.79. The van der Waals surface area contributed by atoms with Gasteiger partial charge in [-0.3, -0.25) is 19.0 Å². The Kier molecular flexibility index (Phi) is 6.55. The van der Waals surface area contributed by atoms with Crippen LogP contribution in [0.5, 0.6) is 0 Å². The molecule has 32 heavy (non-hydrogen) atoms. The van der Waals surface area contributed by atoms with E-state index in [0.717, 1.165) is 36.1 Å². The molecule has 2 unspecified atom stereocenters. The Morgan fingerprint density at radius 2 is 2.03 bits per heavy atom. The number of methoxy groups -OCH3 is 1. The number of rotatable bonds is 7. The van der Waals surface area contributed by atoms with Crippen molar-refractivity contribution >= 4 is 33.3 Å². The monoisotopic (exact) mass is 452 g/mol. The second-order valence-electron chi connectivity index (χ2n) is 8.51. The van der Waals surface area contributed by atoms with Crippen LogP contribution >= 0.6 is 11.3 Å². The highest BCUT2D eigenvalue weighted by Gasteiger charge is 2.31. The van der Waals surface area contributed by atoms with Gasteiger partial charge in [-0.25, -0.2) is 4.98 Å². The van der Waals surface area contributed by atoms with Gasteiger partial charge in [0.05, 0.1) is 18.9 Å². The van der Waals surface area contributed by atoms with Crippen LogP contribution in [-0.4, -0.2) is 28.4 Å². The fraction of sp³-hybridized carbons (Fsp3) is 0.440. The molecule has 0 spiro atoms. The molecule has 1 aliphatic rings. The van der Waals surface area contributed by atoms with Gasteiger partial charge in [0.25, 0.3) is 5.56 Å². The van der Waals surface area contributed by atoms with Gasteiger partial charge in [-0.2, -0.15) is 0 Å². The highest BCUT2D eigenvalue weighted by Crippen LogP contribution is 2.36. The minimum absolute atomic E-state index is 0.211. The number of esters is 1. The lowest BCUT2D eigenvalue weighted by Gasteiger charge is -2.22. The zero-order valence-corrected chi connectivity index (χ0v) is 19.5. The summed E-state index contributed by atoms with van der Waals surface area (Å²) in [4.78, 5) is 46.6. The van der Waals surface area contributed by atoms with E-state index in [4.69, 9.17) is 9.72 Å². The van der Waals surface area contributed by atoms with Crippen molar-refractivity contribution < 1.29 is 14.3 Å². The molecule has 1 aliphatic carbocycles. The zero-order valence-electron chi connectivity index (χ0n) is 18.7. The van der Waals surface area contributed by atoms with E-state index in [1.165, 1.54) is 16.6 Å². The van der Waals surface area contributed by atoms with Gasteiger partial charge in [0, 0.05) is 16.9 Å². The van der Waals surface area contributed by atoms with Gasteiger partial charge in [0.15, 0.2) is 5.78 Å². The minimum atomic E-state index is -0.992. The lowest BCUT2D eigenvalue weighted by Crippen LogP contribution is -2.35. The Bertz CT molecular complexity index is 1210. The number of aromatic nitrogens is 2. The summed E-state index contributed by atoms with van der Waals surface area (Å²) in [6.45, 7) is 4.24. The number of hydrogen-bond acceptors (Lipinski definition) is 6. The molecule has 6 nitrogen and oxygen atoms in total. The molecule has 7 heteroatoms. The highest BCUT2D eigenvalue weighted by atomic mass is 32.1. The van der Waals surface area contributed by atoms with Crippen LogP contribution in [0.1, 0.15) is 65.8 Å². The van der Waals surface area contributed by atoms with E-state index < -0.39 is 12.0 Å². The van der Waals surface area contributed by atoms with E-state index in [9.17, 15) is 14.4 Å². The fourth-order valence-corrected chi connectivity index (χ4v) is 5.90. The Morgan fingerprint density at radius 3 is 2.72 bits per heavy atom. The third-order valence-corrected chi connectivity index (χ3v) is 7.32. The van der Waals surface area contributed by atoms with Gasteiger partial charge >= 0.3 is 5.97 Å². The number of fused-ring (bicyclic) bond motifs is 3. The molecule has 4 rings (SSSR count). The number of carbonyl (C=O) groups excluding carboxylic acids is 2. The Morgan fingerprint density at radius 1 is 1.28 bits per heavy atom. The first-order chi connectivity index (χ1) is 15.4. The number of ketones is 1. The van der Waals surface area contributed by atoms with Crippen LogP contribution in [0.15, 0.2) is 35.1 Å². The van der Waals surface area contributed by atoms with Crippen LogP contribution in [-0.2, 0) is 28.8 Å². The van der Waals surface area contributed by atoms with Gasteiger partial charge in [-0.1, -0.05) is 44.2 Å². The van der Waals surface area contributed by atoms with Crippen LogP contribution in [0.2, 0.25) is 0 Å². The largest absolute Gasteiger partial charge is 0.469 e. The first kappa shape index (κ1) is 22.4. The van der Waals surface area contributed by atoms with Crippen molar-refractivity contribution in [1.82, 2.24) is 9.55 Å². The average Bonchev–Trinajstić information content (AvgIpc) is 3.15. The van der Waals surface area contributed by atoms with Crippen molar-refractivity contribution in [2.24, 2.45) is 5.92 Å². The van der Waals surface area contributed by atoms with Crippen LogP contribution in [0, 0.1) is 5.92 Å². The summed E-state index contributed by atoms with van der Waals surface area (Å²) in [6.07, 6.45) is 3.93. The molecule has 0 amide bonds. The summed E-state index contributed by atoms with van der Waals surface area (Å²) < 4.78 is 6.35. The fourth-order valence-electron chi connectivity index (χ4n) is 4.50. The molecule has 2 aromatic heterocycles. The molecule has 168 valence electrons. The van der Waals surface area contributed by atoms with Gasteiger partial charge in [-0.15, -0.1) is 11.3 Å². The third kappa shape index (κ3) is 4.13. The second kappa shape index (κ2) is 9.36. The summed E-state index contributed by atoms with van der Waals surface area (Å²) in [5.74, 6) is 0.318. The lowest BCUT2D eigenvalue weighted by molar-refractivity contribution is -0.141. The average molecular weight is 453 g/mol. The maximum atomic E-state index is 13.9. The normalized spacial score (nSPS) is 16.5. The molecule has 0 radical (unpaired) electrons. The number of hydrogen-bond donors (Lipinski definition) is 0. The summed E-state index contributed by atoms with van der Waals surface area (Å²) in [7, 11) is 1.29. The second-order valence-corrected chi connectivity index (χ2v) is 9.60. The van der Waals surface area contributed by atoms with E-state index in [-0.39, 0.29) is 17.8 Å². The molecule has 3 aromatic rings. The van der Waals surface area contributed by atoms with Crippen LogP contribution < -0.4 is 5.56 Å². The number of benzene rings is 1. The van der Waals surface area contributed by atoms with E-state index in [1.807, 2.05) is 13.0 Å². The quantitative estimate of drug-likeness (QED) is 0.389. The van der Waals surface area contributed by atoms with E-state index in [1.54, 1.807) is 35.6 Å². The topological polar surface area (TPSA) is 78.3 Å². The van der Waals surface area contributed by atoms with Crippen molar-refractivity contribution in [3.63, 3.8) is 0 Å². The molecule has 2 heterocycles. The lowest BCUT2D eigenvalue weighted by atomic mass is 9.89. The number of nitrogens with zero attached hydrogens (tertiary/aromatic N) is 2. The molecule has 0 saturated carbocycles. The number of ether oxygens (including phenoxy) is 1. The minimum Gasteiger partial charge on any atom is -0.469 e. The van der Waals surface area contributed by atoms with Crippen LogP contribution in [0.3, 0.4) is 0 Å². The molecule has 2 atom stereocenters.